The Hall–Kier alpha value is -10.0. The van der Waals surface area contributed by atoms with Crippen LogP contribution in [0, 0.1) is 0 Å². The number of hydrogen-bond donors (Lipinski definition) is 0. The molecule has 0 saturated heterocycles. The Morgan fingerprint density at radius 2 is 0.731 bits per heavy atom. The molecule has 1 aliphatic heterocycles. The van der Waals surface area contributed by atoms with E-state index >= 15 is 0 Å². The van der Waals surface area contributed by atoms with Crippen molar-refractivity contribution >= 4 is 38.6 Å². The third kappa shape index (κ3) is 6.20. The van der Waals surface area contributed by atoms with Gasteiger partial charge < -0.3 is 9.64 Å². The summed E-state index contributed by atoms with van der Waals surface area (Å²) in [6.45, 7) is 0. The summed E-state index contributed by atoms with van der Waals surface area (Å²) in [6, 6.07) is 110. The smallest absolute Gasteiger partial charge is 0.140 e. The summed E-state index contributed by atoms with van der Waals surface area (Å²) in [5.74, 6) is 1.84. The molecule has 2 heteroatoms. The molecule has 13 aromatic carbocycles. The average Bonchev–Trinajstić information content (AvgIpc) is 3.24. The van der Waals surface area contributed by atoms with E-state index in [9.17, 15) is 0 Å². The maximum Gasteiger partial charge on any atom is 0.140 e. The van der Waals surface area contributed by atoms with E-state index in [1.54, 1.807) is 0 Å². The molecule has 0 saturated carbocycles. The van der Waals surface area contributed by atoms with Crippen LogP contribution in [0.5, 0.6) is 11.5 Å². The van der Waals surface area contributed by atoms with E-state index in [2.05, 4.69) is 302 Å². The van der Waals surface area contributed by atoms with Crippen LogP contribution in [0.3, 0.4) is 0 Å². The van der Waals surface area contributed by atoms with Crippen molar-refractivity contribution in [1.82, 2.24) is 0 Å². The standard InChI is InChI=1S/C76H49NO/c1-4-21-50(22-5-1)58-29-16-19-38-71(58)77(57-45-48-67-64(49-57)62-32-14-17-35-65(62)75(67,54-25-6-2-7-26-54)55-27-8-3-9-28-55)56-43-39-53(40-44-56)59-34-20-37-68-72(59)63-33-15-18-36-66(63)76(68)69-46-41-51-23-10-12-30-60(51)73(69)78-74-61-31-13-11-24-52(61)42-47-70(74)76/h1-49H. The van der Waals surface area contributed by atoms with Crippen molar-refractivity contribution in [3.63, 3.8) is 0 Å². The fraction of sp³-hybridized carbons (Fsp3) is 0.0263. The Morgan fingerprint density at radius 3 is 1.38 bits per heavy atom. The van der Waals surface area contributed by atoms with Crippen LogP contribution < -0.4 is 9.64 Å². The molecular formula is C76H49NO. The van der Waals surface area contributed by atoms with Gasteiger partial charge in [-0.05, 0) is 113 Å². The second-order valence-electron chi connectivity index (χ2n) is 21.0. The van der Waals surface area contributed by atoms with Gasteiger partial charge in [-0.3, -0.25) is 0 Å². The molecule has 3 aliphatic rings. The van der Waals surface area contributed by atoms with E-state index in [4.69, 9.17) is 4.74 Å². The molecule has 13 aromatic rings. The Bertz CT molecular complexity index is 4400. The number of nitrogens with zero attached hydrogens (tertiary/aromatic N) is 1. The Labute approximate surface area is 454 Å². The minimum absolute atomic E-state index is 0.495. The number of fused-ring (bicyclic) bond motifs is 16. The molecule has 78 heavy (non-hydrogen) atoms. The van der Waals surface area contributed by atoms with E-state index in [1.807, 2.05) is 0 Å². The molecule has 2 aliphatic carbocycles. The molecule has 2 nitrogen and oxygen atoms in total. The number of anilines is 3. The van der Waals surface area contributed by atoms with E-state index in [1.165, 1.54) is 61.2 Å². The van der Waals surface area contributed by atoms with Gasteiger partial charge in [0.15, 0.2) is 0 Å². The van der Waals surface area contributed by atoms with Gasteiger partial charge in [-0.2, -0.15) is 0 Å². The Kier molecular flexibility index (Phi) is 9.80. The molecule has 0 radical (unpaired) electrons. The molecule has 0 amide bonds. The molecule has 1 spiro atoms. The minimum Gasteiger partial charge on any atom is -0.455 e. The molecule has 16 rings (SSSR count). The van der Waals surface area contributed by atoms with Crippen molar-refractivity contribution in [2.75, 3.05) is 4.90 Å². The van der Waals surface area contributed by atoms with E-state index in [-0.39, 0.29) is 0 Å². The number of benzene rings is 13. The van der Waals surface area contributed by atoms with E-state index in [0.717, 1.165) is 77.9 Å². The number of para-hydroxylation sites is 1. The van der Waals surface area contributed by atoms with Crippen molar-refractivity contribution in [3.05, 3.63) is 342 Å². The SMILES string of the molecule is c1ccc(-c2ccccc2N(c2ccc(-c3cccc4c3-c3ccccc3C43c4ccc5ccccc5c4Oc4c3ccc3ccccc43)cc2)c2ccc3c(c2)-c2ccccc2C3(c2ccccc2)c2ccccc2)cc1. The second-order valence-corrected chi connectivity index (χ2v) is 21.0. The molecule has 0 N–H and O–H groups in total. The van der Waals surface area contributed by atoms with Gasteiger partial charge in [0, 0.05) is 38.8 Å². The van der Waals surface area contributed by atoms with Gasteiger partial charge in [0.25, 0.3) is 0 Å². The maximum absolute atomic E-state index is 7.27. The van der Waals surface area contributed by atoms with Crippen molar-refractivity contribution in [2.24, 2.45) is 0 Å². The van der Waals surface area contributed by atoms with E-state index < -0.39 is 10.8 Å². The second kappa shape index (κ2) is 17.3. The predicted octanol–water partition coefficient (Wildman–Crippen LogP) is 19.6. The first-order chi connectivity index (χ1) is 38.7. The predicted molar refractivity (Wildman–Crippen MR) is 322 cm³/mol. The number of ether oxygens (including phenoxy) is 1. The van der Waals surface area contributed by atoms with Crippen LogP contribution in [0.15, 0.2) is 297 Å². The lowest BCUT2D eigenvalue weighted by Gasteiger charge is -2.40. The van der Waals surface area contributed by atoms with Gasteiger partial charge in [-0.15, -0.1) is 0 Å². The summed E-state index contributed by atoms with van der Waals surface area (Å²) in [5.41, 5.74) is 21.7. The average molecular weight is 992 g/mol. The lowest BCUT2D eigenvalue weighted by Crippen LogP contribution is -2.32. The highest BCUT2D eigenvalue weighted by Crippen LogP contribution is 2.65. The molecule has 0 fully saturated rings. The molecule has 364 valence electrons. The lowest BCUT2D eigenvalue weighted by molar-refractivity contribution is 0.447. The summed E-state index contributed by atoms with van der Waals surface area (Å²) in [4.78, 5) is 2.46. The molecular weight excluding hydrogens is 943 g/mol. The normalized spacial score (nSPS) is 13.7. The van der Waals surface area contributed by atoms with Crippen molar-refractivity contribution in [2.45, 2.75) is 10.8 Å². The molecule has 1 heterocycles. The fourth-order valence-electron chi connectivity index (χ4n) is 14.0. The first kappa shape index (κ1) is 44.3. The summed E-state index contributed by atoms with van der Waals surface area (Å²) in [6.07, 6.45) is 0. The van der Waals surface area contributed by atoms with Crippen LogP contribution in [-0.4, -0.2) is 0 Å². The summed E-state index contributed by atoms with van der Waals surface area (Å²) < 4.78 is 7.27. The maximum atomic E-state index is 7.27. The zero-order chi connectivity index (χ0) is 51.4. The zero-order valence-corrected chi connectivity index (χ0v) is 42.6. The highest BCUT2D eigenvalue weighted by Gasteiger charge is 2.52. The molecule has 0 unspecified atom stereocenters. The van der Waals surface area contributed by atoms with Crippen LogP contribution in [-0.2, 0) is 10.8 Å². The van der Waals surface area contributed by atoms with Crippen LogP contribution in [0.1, 0.15) is 44.5 Å². The molecule has 0 aromatic heterocycles. The first-order valence-electron chi connectivity index (χ1n) is 27.1. The van der Waals surface area contributed by atoms with Gasteiger partial charge in [0.2, 0.25) is 0 Å². The zero-order valence-electron chi connectivity index (χ0n) is 42.6. The Morgan fingerprint density at radius 1 is 0.269 bits per heavy atom. The van der Waals surface area contributed by atoms with Crippen molar-refractivity contribution < 1.29 is 4.74 Å². The van der Waals surface area contributed by atoms with Gasteiger partial charge in [-0.1, -0.05) is 267 Å². The van der Waals surface area contributed by atoms with Crippen LogP contribution >= 0.6 is 0 Å². The lowest BCUT2D eigenvalue weighted by atomic mass is 9.65. The third-order valence-electron chi connectivity index (χ3n) is 17.2. The highest BCUT2D eigenvalue weighted by molar-refractivity contribution is 6.03. The molecule has 0 atom stereocenters. The van der Waals surface area contributed by atoms with Crippen molar-refractivity contribution in [1.29, 1.82) is 0 Å². The van der Waals surface area contributed by atoms with Crippen LogP contribution in [0.4, 0.5) is 17.1 Å². The number of hydrogen-bond acceptors (Lipinski definition) is 2. The topological polar surface area (TPSA) is 12.5 Å². The quantitative estimate of drug-likeness (QED) is 0.158. The number of rotatable bonds is 7. The Balaban J connectivity index is 0.895. The minimum atomic E-state index is -0.637. The van der Waals surface area contributed by atoms with Gasteiger partial charge in [0.05, 0.1) is 16.5 Å². The fourth-order valence-corrected chi connectivity index (χ4v) is 14.0. The van der Waals surface area contributed by atoms with E-state index in [0.29, 0.717) is 0 Å². The third-order valence-corrected chi connectivity index (χ3v) is 17.2. The first-order valence-corrected chi connectivity index (χ1v) is 27.1. The molecule has 0 bridgehead atoms. The summed E-state index contributed by atoms with van der Waals surface area (Å²) in [7, 11) is 0. The van der Waals surface area contributed by atoms with Gasteiger partial charge in [0.1, 0.15) is 11.5 Å². The van der Waals surface area contributed by atoms with Gasteiger partial charge >= 0.3 is 0 Å². The van der Waals surface area contributed by atoms with Crippen LogP contribution in [0.25, 0.3) is 66.1 Å². The monoisotopic (exact) mass is 991 g/mol. The largest absolute Gasteiger partial charge is 0.455 e. The highest BCUT2D eigenvalue weighted by atomic mass is 16.5. The summed E-state index contributed by atoms with van der Waals surface area (Å²) in [5, 5.41) is 4.55. The van der Waals surface area contributed by atoms with Gasteiger partial charge in [-0.25, -0.2) is 0 Å². The summed E-state index contributed by atoms with van der Waals surface area (Å²) >= 11 is 0. The van der Waals surface area contributed by atoms with Crippen molar-refractivity contribution in [3.8, 4) is 56.0 Å². The van der Waals surface area contributed by atoms with Crippen LogP contribution in [0.2, 0.25) is 0 Å².